The van der Waals surface area contributed by atoms with Crippen molar-refractivity contribution in [2.45, 2.75) is 20.4 Å². The molecule has 35 heavy (non-hydrogen) atoms. The molecule has 10 nitrogen and oxygen atoms in total. The highest BCUT2D eigenvalue weighted by molar-refractivity contribution is 5.87. The number of nitrogens with one attached hydrogen (secondary N) is 2. The van der Waals surface area contributed by atoms with Gasteiger partial charge in [0.05, 0.1) is 30.5 Å². The predicted molar refractivity (Wildman–Crippen MR) is 134 cm³/mol. The predicted octanol–water partition coefficient (Wildman–Crippen LogP) is 4.11. The lowest BCUT2D eigenvalue weighted by molar-refractivity contribution is 0.341. The summed E-state index contributed by atoms with van der Waals surface area (Å²) >= 11 is 0. The van der Waals surface area contributed by atoms with E-state index >= 15 is 0 Å². The number of anilines is 1. The highest BCUT2D eigenvalue weighted by Crippen LogP contribution is 2.32. The molecule has 0 aliphatic rings. The number of hydrogen-bond donors (Lipinski definition) is 2. The molecule has 5 aromatic rings. The third-order valence-electron chi connectivity index (χ3n) is 5.82. The summed E-state index contributed by atoms with van der Waals surface area (Å²) in [4.78, 5) is 8.86. The lowest BCUT2D eigenvalue weighted by Gasteiger charge is -2.12. The van der Waals surface area contributed by atoms with E-state index in [1.165, 1.54) is 5.69 Å². The number of hydrogen-bond acceptors (Lipinski definition) is 8. The Morgan fingerprint density at radius 3 is 2.77 bits per heavy atom. The molecule has 0 unspecified atom stereocenters. The Kier molecular flexibility index (Phi) is 6.25. The maximum Gasteiger partial charge on any atom is 0.183 e. The number of rotatable bonds is 9. The van der Waals surface area contributed by atoms with Crippen LogP contribution in [0.1, 0.15) is 12.6 Å². The fraction of sp³-hybridized carbons (Fsp3) is 0.240. The number of benzene rings is 2. The summed E-state index contributed by atoms with van der Waals surface area (Å²) in [5, 5.41) is 18.6. The molecule has 10 heteroatoms. The fourth-order valence-electron chi connectivity index (χ4n) is 4.20. The molecule has 0 aliphatic heterocycles. The molecule has 0 aliphatic carbocycles. The monoisotopic (exact) mass is 470 g/mol. The van der Waals surface area contributed by atoms with Gasteiger partial charge in [0, 0.05) is 35.8 Å². The molecule has 0 saturated heterocycles. The minimum atomic E-state index is 0.522. The molecule has 178 valence electrons. The zero-order valence-corrected chi connectivity index (χ0v) is 19.8. The topological polar surface area (TPSA) is 116 Å². The van der Waals surface area contributed by atoms with Crippen molar-refractivity contribution in [1.29, 1.82) is 0 Å². The number of aryl methyl sites for hydroxylation is 1. The number of nitrogens with zero attached hydrogens (tertiary/aromatic N) is 6. The van der Waals surface area contributed by atoms with Gasteiger partial charge in [0.2, 0.25) is 0 Å². The molecule has 0 spiro atoms. The van der Waals surface area contributed by atoms with E-state index in [9.17, 15) is 0 Å². The number of ether oxygens (including phenoxy) is 2. The van der Waals surface area contributed by atoms with Crippen molar-refractivity contribution in [2.24, 2.45) is 0 Å². The third-order valence-corrected chi connectivity index (χ3v) is 5.82. The summed E-state index contributed by atoms with van der Waals surface area (Å²) in [5.74, 6) is 2.87. The van der Waals surface area contributed by atoms with E-state index < -0.39 is 0 Å². The maximum atomic E-state index is 5.84. The second-order valence-electron chi connectivity index (χ2n) is 7.94. The van der Waals surface area contributed by atoms with Gasteiger partial charge in [0.25, 0.3) is 0 Å². The first-order valence-electron chi connectivity index (χ1n) is 11.4. The Morgan fingerprint density at radius 2 is 1.97 bits per heavy atom. The van der Waals surface area contributed by atoms with Crippen molar-refractivity contribution in [3.05, 3.63) is 60.6 Å². The number of H-pyrrole nitrogens is 1. The Morgan fingerprint density at radius 1 is 1.06 bits per heavy atom. The van der Waals surface area contributed by atoms with Gasteiger partial charge in [0.15, 0.2) is 5.82 Å². The second-order valence-corrected chi connectivity index (χ2v) is 7.94. The smallest absolute Gasteiger partial charge is 0.183 e. The molecule has 0 saturated carbocycles. The number of fused-ring (bicyclic) bond motifs is 1. The van der Waals surface area contributed by atoms with Gasteiger partial charge >= 0.3 is 0 Å². The first kappa shape index (κ1) is 22.3. The third kappa shape index (κ3) is 4.50. The lowest BCUT2D eigenvalue weighted by atomic mass is 10.1. The number of methoxy groups -OCH3 is 1. The Hall–Kier alpha value is -4.47. The molecule has 0 fully saturated rings. The maximum absolute atomic E-state index is 5.84. The van der Waals surface area contributed by atoms with Gasteiger partial charge in [0.1, 0.15) is 23.6 Å². The van der Waals surface area contributed by atoms with E-state index in [-0.39, 0.29) is 0 Å². The zero-order valence-electron chi connectivity index (χ0n) is 19.8. The van der Waals surface area contributed by atoms with Gasteiger partial charge in [-0.3, -0.25) is 0 Å². The van der Waals surface area contributed by atoms with E-state index in [4.69, 9.17) is 9.47 Å². The molecule has 2 N–H and O–H groups in total. The normalized spacial score (nSPS) is 11.1. The molecular weight excluding hydrogens is 444 g/mol. The first-order valence-corrected chi connectivity index (χ1v) is 11.4. The number of aromatic nitrogens is 7. The van der Waals surface area contributed by atoms with Crippen LogP contribution in [0.3, 0.4) is 0 Å². The standard InChI is InChI=1S/C25H26N8O2/c1-4-35-23-13-17(8-9-18(23)25-29-31-32-30-25)20-14-24(28-15-27-20)26-10-11-33-16(2)12-19-21(33)6-5-7-22(19)34-3/h5-9,12-15H,4,10-11H2,1-3H3,(H,26,27,28)(H,29,30,31,32). The van der Waals surface area contributed by atoms with Crippen molar-refractivity contribution in [2.75, 3.05) is 25.6 Å². The van der Waals surface area contributed by atoms with E-state index in [0.717, 1.165) is 45.8 Å². The largest absolute Gasteiger partial charge is 0.496 e. The van der Waals surface area contributed by atoms with Crippen LogP contribution in [0.5, 0.6) is 11.5 Å². The van der Waals surface area contributed by atoms with Crippen molar-refractivity contribution < 1.29 is 9.47 Å². The van der Waals surface area contributed by atoms with E-state index in [1.807, 2.05) is 43.3 Å². The summed E-state index contributed by atoms with van der Waals surface area (Å²) < 4.78 is 13.6. The SMILES string of the molecule is CCOc1cc(-c2cc(NCCn3c(C)cc4c(OC)cccc43)ncn2)ccc1-c1nnn[nH]1. The van der Waals surface area contributed by atoms with Crippen molar-refractivity contribution >= 4 is 16.7 Å². The average molecular weight is 471 g/mol. The van der Waals surface area contributed by atoms with Crippen LogP contribution in [0.25, 0.3) is 33.5 Å². The average Bonchev–Trinajstić information content (AvgIpc) is 3.52. The Labute approximate surface area is 202 Å². The summed E-state index contributed by atoms with van der Waals surface area (Å²) in [5.41, 5.74) is 4.82. The van der Waals surface area contributed by atoms with Gasteiger partial charge < -0.3 is 19.4 Å². The molecule has 2 aromatic carbocycles. The van der Waals surface area contributed by atoms with Crippen molar-refractivity contribution in [3.8, 4) is 34.1 Å². The van der Waals surface area contributed by atoms with E-state index in [0.29, 0.717) is 24.7 Å². The summed E-state index contributed by atoms with van der Waals surface area (Å²) in [6.45, 7) is 6.06. The minimum Gasteiger partial charge on any atom is -0.496 e. The van der Waals surface area contributed by atoms with Gasteiger partial charge in [-0.2, -0.15) is 0 Å². The number of tetrazole rings is 1. The van der Waals surface area contributed by atoms with Crippen LogP contribution in [0.15, 0.2) is 54.9 Å². The fourth-order valence-corrected chi connectivity index (χ4v) is 4.20. The summed E-state index contributed by atoms with van der Waals surface area (Å²) in [6, 6.07) is 16.0. The van der Waals surface area contributed by atoms with Crippen LogP contribution >= 0.6 is 0 Å². The van der Waals surface area contributed by atoms with Crippen molar-refractivity contribution in [1.82, 2.24) is 35.2 Å². The molecule has 0 amide bonds. The summed E-state index contributed by atoms with van der Waals surface area (Å²) in [6.07, 6.45) is 1.56. The van der Waals surface area contributed by atoms with Crippen LogP contribution in [-0.4, -0.2) is 55.4 Å². The molecule has 3 heterocycles. The molecule has 0 bridgehead atoms. The Balaban J connectivity index is 1.33. The van der Waals surface area contributed by atoms with Gasteiger partial charge in [-0.05, 0) is 54.6 Å². The van der Waals surface area contributed by atoms with Crippen LogP contribution in [-0.2, 0) is 6.54 Å². The molecule has 3 aromatic heterocycles. The lowest BCUT2D eigenvalue weighted by Crippen LogP contribution is -2.12. The molecular formula is C25H26N8O2. The second kappa shape index (κ2) is 9.80. The molecule has 0 radical (unpaired) electrons. The van der Waals surface area contributed by atoms with Crippen LogP contribution in [0.4, 0.5) is 5.82 Å². The first-order chi connectivity index (χ1) is 17.2. The minimum absolute atomic E-state index is 0.522. The molecule has 0 atom stereocenters. The summed E-state index contributed by atoms with van der Waals surface area (Å²) in [7, 11) is 1.70. The highest BCUT2D eigenvalue weighted by atomic mass is 16.5. The van der Waals surface area contributed by atoms with Crippen molar-refractivity contribution in [3.63, 3.8) is 0 Å². The highest BCUT2D eigenvalue weighted by Gasteiger charge is 2.13. The van der Waals surface area contributed by atoms with Crippen LogP contribution < -0.4 is 14.8 Å². The molecule has 5 rings (SSSR count). The zero-order chi connectivity index (χ0) is 24.2. The van der Waals surface area contributed by atoms with E-state index in [1.54, 1.807) is 13.4 Å². The van der Waals surface area contributed by atoms with Crippen LogP contribution in [0.2, 0.25) is 0 Å². The Bertz CT molecular complexity index is 1450. The van der Waals surface area contributed by atoms with Gasteiger partial charge in [-0.15, -0.1) is 5.10 Å². The van der Waals surface area contributed by atoms with E-state index in [2.05, 4.69) is 59.5 Å². The number of aromatic amines is 1. The van der Waals surface area contributed by atoms with Crippen LogP contribution in [0, 0.1) is 6.92 Å². The van der Waals surface area contributed by atoms with Gasteiger partial charge in [-0.1, -0.05) is 12.1 Å². The van der Waals surface area contributed by atoms with Gasteiger partial charge in [-0.25, -0.2) is 15.1 Å². The quantitative estimate of drug-likeness (QED) is 0.331.